The SMILES string of the molecule is NC(=O)CCC(NC(=O)C(CC(N)=O)NC(=O)C(CC(N)=O)NC(=O)C(N)Cc1c[nH]c2ccccc12)C(=O)O. The molecule has 0 fully saturated rings. The summed E-state index contributed by atoms with van der Waals surface area (Å²) in [6.45, 7) is 0. The van der Waals surface area contributed by atoms with Gasteiger partial charge in [0.2, 0.25) is 35.4 Å². The van der Waals surface area contributed by atoms with Crippen LogP contribution < -0.4 is 38.9 Å². The third-order valence-corrected chi connectivity index (χ3v) is 5.82. The molecule has 4 atom stereocenters. The van der Waals surface area contributed by atoms with Crippen LogP contribution in [-0.2, 0) is 40.0 Å². The van der Waals surface area contributed by atoms with E-state index >= 15 is 0 Å². The Morgan fingerprint density at radius 3 is 1.82 bits per heavy atom. The highest BCUT2D eigenvalue weighted by Gasteiger charge is 2.32. The van der Waals surface area contributed by atoms with Gasteiger partial charge in [-0.15, -0.1) is 0 Å². The summed E-state index contributed by atoms with van der Waals surface area (Å²) in [5, 5.41) is 16.7. The second kappa shape index (κ2) is 14.2. The number of hydrogen-bond donors (Lipinski definition) is 9. The molecule has 1 aromatic heterocycles. The smallest absolute Gasteiger partial charge is 0.326 e. The standard InChI is InChI=1S/C24H32N8O8/c25-13(7-11-10-29-14-4-2-1-3-12(11)14)21(36)31-16(8-19(27)34)23(38)32-17(9-20(28)35)22(37)30-15(24(39)40)5-6-18(26)33/h1-4,10,13,15-17,29H,5-9,25H2,(H2,26,33)(H2,27,34)(H2,28,35)(H,30,37)(H,31,36)(H,32,38)(H,39,40). The Morgan fingerprint density at radius 2 is 1.30 bits per heavy atom. The Kier molecular flexibility index (Phi) is 11.1. The van der Waals surface area contributed by atoms with Gasteiger partial charge in [-0.3, -0.25) is 28.8 Å². The fourth-order valence-corrected chi connectivity index (χ4v) is 3.82. The van der Waals surface area contributed by atoms with E-state index in [1.165, 1.54) is 0 Å². The maximum Gasteiger partial charge on any atom is 0.326 e. The average molecular weight is 561 g/mol. The average Bonchev–Trinajstić information content (AvgIpc) is 3.27. The first-order valence-electron chi connectivity index (χ1n) is 12.1. The third kappa shape index (κ3) is 9.39. The number of carboxylic acid groups (broad SMARTS) is 1. The Hall–Kier alpha value is -4.99. The maximum absolute atomic E-state index is 13.0. The largest absolute Gasteiger partial charge is 0.480 e. The molecular formula is C24H32N8O8. The number of primary amides is 3. The van der Waals surface area contributed by atoms with Gasteiger partial charge in [0.25, 0.3) is 0 Å². The van der Waals surface area contributed by atoms with Crippen LogP contribution in [0.15, 0.2) is 30.5 Å². The summed E-state index contributed by atoms with van der Waals surface area (Å²) < 4.78 is 0. The van der Waals surface area contributed by atoms with Gasteiger partial charge in [0.15, 0.2) is 0 Å². The highest BCUT2D eigenvalue weighted by Crippen LogP contribution is 2.18. The van der Waals surface area contributed by atoms with E-state index in [1.54, 1.807) is 6.20 Å². The minimum absolute atomic E-state index is 0.0787. The highest BCUT2D eigenvalue weighted by molar-refractivity contribution is 5.97. The number of carboxylic acids is 1. The Bertz CT molecular complexity index is 1290. The van der Waals surface area contributed by atoms with E-state index in [1.807, 2.05) is 24.3 Å². The zero-order chi connectivity index (χ0) is 30.0. The van der Waals surface area contributed by atoms with Crippen molar-refractivity contribution in [3.05, 3.63) is 36.0 Å². The van der Waals surface area contributed by atoms with E-state index < -0.39 is 78.4 Å². The van der Waals surface area contributed by atoms with E-state index in [2.05, 4.69) is 20.9 Å². The van der Waals surface area contributed by atoms with Crippen molar-refractivity contribution in [2.45, 2.75) is 56.3 Å². The van der Waals surface area contributed by atoms with Gasteiger partial charge >= 0.3 is 5.97 Å². The number of H-pyrrole nitrogens is 1. The van der Waals surface area contributed by atoms with E-state index in [4.69, 9.17) is 22.9 Å². The lowest BCUT2D eigenvalue weighted by Crippen LogP contribution is -2.58. The van der Waals surface area contributed by atoms with Crippen LogP contribution in [0.3, 0.4) is 0 Å². The molecule has 0 aliphatic rings. The van der Waals surface area contributed by atoms with Crippen LogP contribution in [0, 0.1) is 0 Å². The predicted octanol–water partition coefficient (Wildman–Crippen LogP) is -3.41. The Balaban J connectivity index is 2.14. The molecule has 2 rings (SSSR count). The van der Waals surface area contributed by atoms with Gasteiger partial charge in [0, 0.05) is 23.5 Å². The number of benzene rings is 1. The molecule has 2 aromatic rings. The molecule has 0 aliphatic heterocycles. The van der Waals surface area contributed by atoms with Crippen molar-refractivity contribution in [2.24, 2.45) is 22.9 Å². The van der Waals surface area contributed by atoms with Crippen LogP contribution in [0.2, 0.25) is 0 Å². The molecule has 16 heteroatoms. The molecule has 0 aliphatic carbocycles. The zero-order valence-electron chi connectivity index (χ0n) is 21.3. The number of rotatable bonds is 16. The summed E-state index contributed by atoms with van der Waals surface area (Å²) >= 11 is 0. The number of aromatic nitrogens is 1. The van der Waals surface area contributed by atoms with Crippen LogP contribution in [0.25, 0.3) is 10.9 Å². The van der Waals surface area contributed by atoms with Crippen molar-refractivity contribution >= 4 is 52.3 Å². The minimum atomic E-state index is -1.69. The van der Waals surface area contributed by atoms with Crippen LogP contribution >= 0.6 is 0 Å². The lowest BCUT2D eigenvalue weighted by Gasteiger charge is -2.24. The number of carbonyl (C=O) groups excluding carboxylic acids is 6. The molecule has 0 saturated heterocycles. The van der Waals surface area contributed by atoms with Crippen molar-refractivity contribution < 1.29 is 38.7 Å². The number of nitrogens with two attached hydrogens (primary N) is 4. The topological polar surface area (TPSA) is 296 Å². The van der Waals surface area contributed by atoms with E-state index in [9.17, 15) is 38.7 Å². The number of aliphatic carboxylic acids is 1. The minimum Gasteiger partial charge on any atom is -0.480 e. The van der Waals surface area contributed by atoms with Crippen LogP contribution in [-0.4, -0.2) is 75.7 Å². The molecule has 1 heterocycles. The summed E-state index contributed by atoms with van der Waals surface area (Å²) in [4.78, 5) is 87.2. The summed E-state index contributed by atoms with van der Waals surface area (Å²) in [6, 6.07) is 1.32. The number of aromatic amines is 1. The molecular weight excluding hydrogens is 528 g/mol. The van der Waals surface area contributed by atoms with Gasteiger partial charge in [-0.05, 0) is 24.5 Å². The first kappa shape index (κ1) is 31.2. The summed E-state index contributed by atoms with van der Waals surface area (Å²) in [6.07, 6.45) is -0.394. The number of nitrogens with one attached hydrogen (secondary N) is 4. The predicted molar refractivity (Wildman–Crippen MR) is 139 cm³/mol. The van der Waals surface area contributed by atoms with Crippen LogP contribution in [0.1, 0.15) is 31.2 Å². The van der Waals surface area contributed by atoms with Gasteiger partial charge < -0.3 is 49.0 Å². The second-order valence-electron chi connectivity index (χ2n) is 9.04. The monoisotopic (exact) mass is 560 g/mol. The highest BCUT2D eigenvalue weighted by atomic mass is 16.4. The first-order valence-corrected chi connectivity index (χ1v) is 12.1. The molecule has 6 amide bonds. The lowest BCUT2D eigenvalue weighted by molar-refractivity contribution is -0.143. The molecule has 0 saturated carbocycles. The molecule has 4 unspecified atom stereocenters. The van der Waals surface area contributed by atoms with Gasteiger partial charge in [-0.25, -0.2) is 4.79 Å². The van der Waals surface area contributed by atoms with E-state index in [0.717, 1.165) is 16.5 Å². The summed E-state index contributed by atoms with van der Waals surface area (Å²) in [5.41, 5.74) is 23.0. The van der Waals surface area contributed by atoms with Crippen molar-refractivity contribution in [1.82, 2.24) is 20.9 Å². The third-order valence-electron chi connectivity index (χ3n) is 5.82. The Labute approximate surface area is 227 Å². The number of hydrogen-bond acceptors (Lipinski definition) is 8. The molecule has 13 N–H and O–H groups in total. The lowest BCUT2D eigenvalue weighted by atomic mass is 10.0. The Morgan fingerprint density at radius 1 is 0.775 bits per heavy atom. The summed E-state index contributed by atoms with van der Waals surface area (Å²) in [7, 11) is 0. The van der Waals surface area contributed by atoms with Gasteiger partial charge in [-0.1, -0.05) is 18.2 Å². The number of para-hydroxylation sites is 1. The van der Waals surface area contributed by atoms with Crippen molar-refractivity contribution in [3.63, 3.8) is 0 Å². The fourth-order valence-electron chi connectivity index (χ4n) is 3.82. The van der Waals surface area contributed by atoms with E-state index in [-0.39, 0.29) is 19.3 Å². The molecule has 40 heavy (non-hydrogen) atoms. The normalized spacial score (nSPS) is 13.8. The van der Waals surface area contributed by atoms with Gasteiger partial charge in [0.1, 0.15) is 18.1 Å². The molecule has 216 valence electrons. The zero-order valence-corrected chi connectivity index (χ0v) is 21.3. The first-order chi connectivity index (χ1) is 18.8. The van der Waals surface area contributed by atoms with Crippen molar-refractivity contribution in [3.8, 4) is 0 Å². The van der Waals surface area contributed by atoms with Gasteiger partial charge in [0.05, 0.1) is 18.9 Å². The molecule has 1 aromatic carbocycles. The van der Waals surface area contributed by atoms with Crippen LogP contribution in [0.5, 0.6) is 0 Å². The number of fused-ring (bicyclic) bond motifs is 1. The van der Waals surface area contributed by atoms with Gasteiger partial charge in [-0.2, -0.15) is 0 Å². The van der Waals surface area contributed by atoms with Crippen LogP contribution in [0.4, 0.5) is 0 Å². The maximum atomic E-state index is 13.0. The van der Waals surface area contributed by atoms with Crippen molar-refractivity contribution in [1.29, 1.82) is 0 Å². The number of amides is 6. The molecule has 16 nitrogen and oxygen atoms in total. The molecule has 0 radical (unpaired) electrons. The fraction of sp³-hybridized carbons (Fsp3) is 0.375. The quantitative estimate of drug-likeness (QED) is 0.0986. The molecule has 0 spiro atoms. The van der Waals surface area contributed by atoms with E-state index in [0.29, 0.717) is 0 Å². The molecule has 0 bridgehead atoms. The number of carbonyl (C=O) groups is 7. The van der Waals surface area contributed by atoms with Crippen molar-refractivity contribution in [2.75, 3.05) is 0 Å². The summed E-state index contributed by atoms with van der Waals surface area (Å²) in [5.74, 6) is -7.32. The second-order valence-corrected chi connectivity index (χ2v) is 9.04.